The number of hydrogen-bond acceptors (Lipinski definition) is 5. The smallest absolute Gasteiger partial charge is 0.325 e. The first kappa shape index (κ1) is 21.8. The van der Waals surface area contributed by atoms with Gasteiger partial charge in [0, 0.05) is 12.5 Å². The van der Waals surface area contributed by atoms with Crippen molar-refractivity contribution in [3.05, 3.63) is 35.6 Å². The fourth-order valence-corrected chi connectivity index (χ4v) is 2.79. The van der Waals surface area contributed by atoms with Crippen LogP contribution in [0.3, 0.4) is 0 Å². The molecule has 0 radical (unpaired) electrons. The van der Waals surface area contributed by atoms with Crippen LogP contribution in [0.15, 0.2) is 24.3 Å². The SMILES string of the molecule is CCCO[C@H]1COC[C@H](N)C(=O)O[C@@H](C)[C@@H]1Cc1ccc(F)cc1.Cl. The van der Waals surface area contributed by atoms with Crippen molar-refractivity contribution >= 4 is 18.4 Å². The van der Waals surface area contributed by atoms with E-state index in [0.29, 0.717) is 19.6 Å². The number of cyclic esters (lactones) is 1. The molecule has 0 unspecified atom stereocenters. The monoisotopic (exact) mass is 375 g/mol. The minimum atomic E-state index is -0.788. The third-order valence-electron chi connectivity index (χ3n) is 4.19. The molecule has 1 fully saturated rings. The molecule has 1 aromatic rings. The molecule has 25 heavy (non-hydrogen) atoms. The van der Waals surface area contributed by atoms with Gasteiger partial charge in [0.25, 0.3) is 0 Å². The summed E-state index contributed by atoms with van der Waals surface area (Å²) in [7, 11) is 0. The minimum Gasteiger partial charge on any atom is -0.461 e. The Morgan fingerprint density at radius 3 is 2.60 bits per heavy atom. The number of carbonyl (C=O) groups is 1. The van der Waals surface area contributed by atoms with Crippen LogP contribution in [0.25, 0.3) is 0 Å². The lowest BCUT2D eigenvalue weighted by molar-refractivity contribution is -0.154. The zero-order valence-corrected chi connectivity index (χ0v) is 15.5. The molecule has 1 aromatic carbocycles. The highest BCUT2D eigenvalue weighted by atomic mass is 35.5. The summed E-state index contributed by atoms with van der Waals surface area (Å²) in [5.74, 6) is -0.847. The van der Waals surface area contributed by atoms with Crippen molar-refractivity contribution in [1.82, 2.24) is 0 Å². The van der Waals surface area contributed by atoms with Crippen molar-refractivity contribution < 1.29 is 23.4 Å². The first-order valence-corrected chi connectivity index (χ1v) is 8.41. The summed E-state index contributed by atoms with van der Waals surface area (Å²) >= 11 is 0. The second-order valence-electron chi connectivity index (χ2n) is 6.19. The van der Waals surface area contributed by atoms with E-state index < -0.39 is 12.0 Å². The van der Waals surface area contributed by atoms with Gasteiger partial charge in [-0.2, -0.15) is 0 Å². The normalized spacial score (nSPS) is 27.4. The predicted octanol–water partition coefficient (Wildman–Crippen LogP) is 2.49. The molecule has 1 saturated heterocycles. The molecular formula is C18H27ClFNO4. The molecule has 0 bridgehead atoms. The molecule has 7 heteroatoms. The van der Waals surface area contributed by atoms with E-state index in [2.05, 4.69) is 0 Å². The van der Waals surface area contributed by atoms with Gasteiger partial charge in [-0.15, -0.1) is 12.4 Å². The second-order valence-corrected chi connectivity index (χ2v) is 6.19. The Balaban J connectivity index is 0.00000312. The Morgan fingerprint density at radius 1 is 1.28 bits per heavy atom. The average molecular weight is 376 g/mol. The molecule has 4 atom stereocenters. The van der Waals surface area contributed by atoms with E-state index in [1.807, 2.05) is 13.8 Å². The van der Waals surface area contributed by atoms with Gasteiger partial charge in [0.05, 0.1) is 19.3 Å². The molecule has 2 rings (SSSR count). The van der Waals surface area contributed by atoms with E-state index in [-0.39, 0.29) is 43.0 Å². The number of ether oxygens (including phenoxy) is 3. The third kappa shape index (κ3) is 6.55. The summed E-state index contributed by atoms with van der Waals surface area (Å²) in [5, 5.41) is 0. The Labute approximate surface area is 154 Å². The van der Waals surface area contributed by atoms with Crippen LogP contribution in [-0.2, 0) is 25.4 Å². The van der Waals surface area contributed by atoms with Crippen molar-refractivity contribution in [1.29, 1.82) is 0 Å². The summed E-state index contributed by atoms with van der Waals surface area (Å²) in [6.45, 7) is 4.93. The quantitative estimate of drug-likeness (QED) is 0.800. The number of benzene rings is 1. The molecule has 0 amide bonds. The molecular weight excluding hydrogens is 349 g/mol. The Kier molecular flexibility index (Phi) is 9.35. The fraction of sp³-hybridized carbons (Fsp3) is 0.611. The van der Waals surface area contributed by atoms with Crippen molar-refractivity contribution in [2.24, 2.45) is 11.7 Å². The van der Waals surface area contributed by atoms with Gasteiger partial charge in [0.1, 0.15) is 18.0 Å². The van der Waals surface area contributed by atoms with Crippen LogP contribution in [0.2, 0.25) is 0 Å². The maximum absolute atomic E-state index is 13.1. The van der Waals surface area contributed by atoms with Gasteiger partial charge in [-0.05, 0) is 37.5 Å². The number of rotatable bonds is 5. The summed E-state index contributed by atoms with van der Waals surface area (Å²) in [5.41, 5.74) is 6.71. The van der Waals surface area contributed by atoms with Crippen molar-refractivity contribution in [3.63, 3.8) is 0 Å². The van der Waals surface area contributed by atoms with Crippen molar-refractivity contribution in [2.45, 2.75) is 44.9 Å². The van der Waals surface area contributed by atoms with Crippen LogP contribution < -0.4 is 5.73 Å². The highest BCUT2D eigenvalue weighted by Crippen LogP contribution is 2.24. The molecule has 1 heterocycles. The maximum Gasteiger partial charge on any atom is 0.325 e. The minimum absolute atomic E-state index is 0. The summed E-state index contributed by atoms with van der Waals surface area (Å²) < 4.78 is 30.1. The van der Waals surface area contributed by atoms with E-state index in [1.54, 1.807) is 12.1 Å². The van der Waals surface area contributed by atoms with Crippen molar-refractivity contribution in [2.75, 3.05) is 19.8 Å². The molecule has 1 aliphatic heterocycles. The van der Waals surface area contributed by atoms with E-state index in [9.17, 15) is 9.18 Å². The number of nitrogens with two attached hydrogens (primary N) is 1. The van der Waals surface area contributed by atoms with Gasteiger partial charge in [-0.1, -0.05) is 19.1 Å². The van der Waals surface area contributed by atoms with Gasteiger partial charge < -0.3 is 19.9 Å². The number of halogens is 2. The highest BCUT2D eigenvalue weighted by Gasteiger charge is 2.33. The Hall–Kier alpha value is -1.21. The Bertz CT molecular complexity index is 528. The molecule has 2 N–H and O–H groups in total. The second kappa shape index (κ2) is 10.7. The third-order valence-corrected chi connectivity index (χ3v) is 4.19. The summed E-state index contributed by atoms with van der Waals surface area (Å²) in [4.78, 5) is 12.0. The lowest BCUT2D eigenvalue weighted by atomic mass is 9.89. The first-order valence-electron chi connectivity index (χ1n) is 8.41. The van der Waals surface area contributed by atoms with E-state index in [0.717, 1.165) is 12.0 Å². The highest BCUT2D eigenvalue weighted by molar-refractivity contribution is 5.85. The molecule has 1 aliphatic rings. The molecule has 0 aromatic heterocycles. The average Bonchev–Trinajstić information content (AvgIpc) is 2.60. The lowest BCUT2D eigenvalue weighted by Crippen LogP contribution is -2.40. The standard InChI is InChI=1S/C18H26FNO4.ClH/c1-3-8-23-17-11-22-10-16(20)18(21)24-12(2)15(17)9-13-4-6-14(19)7-5-13;/h4-7,12,15-17H,3,8-11,20H2,1-2H3;1H/t12-,15-,16-,17-;/m0./s1. The molecule has 0 spiro atoms. The first-order chi connectivity index (χ1) is 11.5. The summed E-state index contributed by atoms with van der Waals surface area (Å²) in [6, 6.07) is 5.54. The number of hydrogen-bond donors (Lipinski definition) is 1. The van der Waals surface area contributed by atoms with Gasteiger partial charge in [-0.25, -0.2) is 4.39 Å². The van der Waals surface area contributed by atoms with Crippen molar-refractivity contribution in [3.8, 4) is 0 Å². The molecule has 142 valence electrons. The fourth-order valence-electron chi connectivity index (χ4n) is 2.79. The zero-order valence-electron chi connectivity index (χ0n) is 14.7. The van der Waals surface area contributed by atoms with Crippen LogP contribution in [0.4, 0.5) is 4.39 Å². The number of carbonyl (C=O) groups excluding carboxylic acids is 1. The van der Waals surface area contributed by atoms with Gasteiger partial charge in [0.15, 0.2) is 0 Å². The Morgan fingerprint density at radius 2 is 1.96 bits per heavy atom. The van der Waals surface area contributed by atoms with Crippen LogP contribution >= 0.6 is 12.4 Å². The van der Waals surface area contributed by atoms with Crippen LogP contribution in [0.5, 0.6) is 0 Å². The van der Waals surface area contributed by atoms with E-state index in [4.69, 9.17) is 19.9 Å². The van der Waals surface area contributed by atoms with Crippen LogP contribution in [0.1, 0.15) is 25.8 Å². The predicted molar refractivity (Wildman–Crippen MR) is 95.2 cm³/mol. The maximum atomic E-state index is 13.1. The zero-order chi connectivity index (χ0) is 17.5. The summed E-state index contributed by atoms with van der Waals surface area (Å²) in [6.07, 6.45) is 0.884. The lowest BCUT2D eigenvalue weighted by Gasteiger charge is -2.30. The largest absolute Gasteiger partial charge is 0.461 e. The van der Waals surface area contributed by atoms with Crippen LogP contribution in [-0.4, -0.2) is 44.0 Å². The van der Waals surface area contributed by atoms with Crippen LogP contribution in [0, 0.1) is 11.7 Å². The molecule has 0 saturated carbocycles. The van der Waals surface area contributed by atoms with E-state index >= 15 is 0 Å². The topological polar surface area (TPSA) is 70.8 Å². The van der Waals surface area contributed by atoms with Gasteiger partial charge in [-0.3, -0.25) is 4.79 Å². The molecule has 5 nitrogen and oxygen atoms in total. The van der Waals surface area contributed by atoms with Gasteiger partial charge >= 0.3 is 5.97 Å². The number of esters is 1. The van der Waals surface area contributed by atoms with Gasteiger partial charge in [0.2, 0.25) is 0 Å². The van der Waals surface area contributed by atoms with E-state index in [1.165, 1.54) is 12.1 Å². The molecule has 0 aliphatic carbocycles.